The lowest BCUT2D eigenvalue weighted by atomic mass is 10.2. The molecule has 9 heteroatoms. The van der Waals surface area contributed by atoms with Gasteiger partial charge in [0, 0.05) is 44.1 Å². The largest absolute Gasteiger partial charge is 0.361 e. The number of piperazine rings is 1. The van der Waals surface area contributed by atoms with Crippen LogP contribution < -0.4 is 15.5 Å². The van der Waals surface area contributed by atoms with Crippen LogP contribution in [0.5, 0.6) is 0 Å². The summed E-state index contributed by atoms with van der Waals surface area (Å²) in [6.07, 6.45) is 3.52. The van der Waals surface area contributed by atoms with E-state index in [4.69, 9.17) is 11.6 Å². The van der Waals surface area contributed by atoms with Crippen LogP contribution in [-0.2, 0) is 0 Å². The molecule has 27 heavy (non-hydrogen) atoms. The SMILES string of the molecule is Cc1cn2cc(NC(=O)c3sc(N4CCNC(C)C4)cc3F)cc(Cl)c2n1. The Kier molecular flexibility index (Phi) is 4.79. The van der Waals surface area contributed by atoms with Gasteiger partial charge in [0.2, 0.25) is 0 Å². The first-order chi connectivity index (χ1) is 12.9. The van der Waals surface area contributed by atoms with Crippen molar-refractivity contribution in [3.05, 3.63) is 45.9 Å². The Balaban J connectivity index is 1.56. The fourth-order valence-corrected chi connectivity index (χ4v) is 4.46. The number of aromatic nitrogens is 2. The third-order valence-corrected chi connectivity index (χ3v) is 5.89. The van der Waals surface area contributed by atoms with E-state index in [1.807, 2.05) is 13.1 Å². The molecule has 6 nitrogen and oxygen atoms in total. The Morgan fingerprint density at radius 1 is 1.44 bits per heavy atom. The van der Waals surface area contributed by atoms with Crippen molar-refractivity contribution in [1.29, 1.82) is 0 Å². The molecule has 0 spiro atoms. The zero-order chi connectivity index (χ0) is 19.1. The van der Waals surface area contributed by atoms with Crippen LogP contribution in [0.15, 0.2) is 24.5 Å². The van der Waals surface area contributed by atoms with Crippen LogP contribution in [0.3, 0.4) is 0 Å². The van der Waals surface area contributed by atoms with E-state index in [9.17, 15) is 9.18 Å². The molecular weight excluding hydrogens is 389 g/mol. The van der Waals surface area contributed by atoms with Crippen LogP contribution in [0.25, 0.3) is 5.65 Å². The molecule has 1 amide bonds. The van der Waals surface area contributed by atoms with E-state index < -0.39 is 11.7 Å². The molecule has 3 aromatic rings. The van der Waals surface area contributed by atoms with Gasteiger partial charge < -0.3 is 19.9 Å². The molecule has 1 unspecified atom stereocenters. The van der Waals surface area contributed by atoms with Gasteiger partial charge in [-0.2, -0.15) is 0 Å². The van der Waals surface area contributed by atoms with Gasteiger partial charge in [0.25, 0.3) is 5.91 Å². The summed E-state index contributed by atoms with van der Waals surface area (Å²) in [5, 5.41) is 7.27. The number of halogens is 2. The second kappa shape index (κ2) is 7.10. The third-order valence-electron chi connectivity index (χ3n) is 4.45. The minimum absolute atomic E-state index is 0.0641. The second-order valence-corrected chi connectivity index (χ2v) is 8.14. The predicted molar refractivity (Wildman–Crippen MR) is 107 cm³/mol. The normalized spacial score (nSPS) is 17.5. The number of pyridine rings is 1. The number of fused-ring (bicyclic) bond motifs is 1. The molecule has 1 saturated heterocycles. The first-order valence-corrected chi connectivity index (χ1v) is 9.84. The minimum atomic E-state index is -0.510. The summed E-state index contributed by atoms with van der Waals surface area (Å²) >= 11 is 7.40. The second-order valence-electron chi connectivity index (χ2n) is 6.71. The first kappa shape index (κ1) is 18.2. The summed E-state index contributed by atoms with van der Waals surface area (Å²) in [7, 11) is 0. The van der Waals surface area contributed by atoms with E-state index in [1.165, 1.54) is 17.4 Å². The molecule has 4 rings (SSSR count). The van der Waals surface area contributed by atoms with Crippen molar-refractivity contribution in [2.24, 2.45) is 0 Å². The van der Waals surface area contributed by atoms with Crippen molar-refractivity contribution >= 4 is 45.2 Å². The van der Waals surface area contributed by atoms with Crippen molar-refractivity contribution in [1.82, 2.24) is 14.7 Å². The summed E-state index contributed by atoms with van der Waals surface area (Å²) < 4.78 is 16.2. The molecule has 0 saturated carbocycles. The van der Waals surface area contributed by atoms with Gasteiger partial charge in [-0.05, 0) is 19.9 Å². The Hall–Kier alpha value is -2.16. The Morgan fingerprint density at radius 2 is 2.26 bits per heavy atom. The highest BCUT2D eigenvalue weighted by molar-refractivity contribution is 7.18. The number of nitrogens with zero attached hydrogens (tertiary/aromatic N) is 3. The smallest absolute Gasteiger partial charge is 0.268 e. The lowest BCUT2D eigenvalue weighted by Gasteiger charge is -2.32. The molecule has 1 aliphatic heterocycles. The van der Waals surface area contributed by atoms with Crippen molar-refractivity contribution in [3.8, 4) is 0 Å². The summed E-state index contributed by atoms with van der Waals surface area (Å²) in [6.45, 7) is 6.36. The number of thiophene rings is 1. The highest BCUT2D eigenvalue weighted by Gasteiger charge is 2.23. The van der Waals surface area contributed by atoms with Gasteiger partial charge in [-0.25, -0.2) is 9.37 Å². The average molecular weight is 408 g/mol. The molecule has 1 atom stereocenters. The van der Waals surface area contributed by atoms with Gasteiger partial charge in [0.1, 0.15) is 10.7 Å². The lowest BCUT2D eigenvalue weighted by molar-refractivity contribution is 0.102. The number of carbonyl (C=O) groups excluding carboxylic acids is 1. The topological polar surface area (TPSA) is 61.7 Å². The Morgan fingerprint density at radius 3 is 3.04 bits per heavy atom. The van der Waals surface area contributed by atoms with Crippen LogP contribution >= 0.6 is 22.9 Å². The number of nitrogens with one attached hydrogen (secondary N) is 2. The van der Waals surface area contributed by atoms with Gasteiger partial charge in [0.15, 0.2) is 5.65 Å². The monoisotopic (exact) mass is 407 g/mol. The van der Waals surface area contributed by atoms with Crippen LogP contribution in [-0.4, -0.2) is 41.0 Å². The molecule has 0 bridgehead atoms. The Labute approximate surface area is 165 Å². The van der Waals surface area contributed by atoms with E-state index >= 15 is 0 Å². The van der Waals surface area contributed by atoms with E-state index in [2.05, 4.69) is 27.4 Å². The molecule has 0 aromatic carbocycles. The third kappa shape index (κ3) is 3.65. The van der Waals surface area contributed by atoms with E-state index in [0.717, 1.165) is 30.3 Å². The number of imidazole rings is 1. The molecular formula is C18H19ClFN5OS. The fourth-order valence-electron chi connectivity index (χ4n) is 3.24. The van der Waals surface area contributed by atoms with Crippen molar-refractivity contribution in [2.75, 3.05) is 29.9 Å². The number of hydrogen-bond donors (Lipinski definition) is 2. The number of amides is 1. The highest BCUT2D eigenvalue weighted by Crippen LogP contribution is 2.31. The number of rotatable bonds is 3. The van der Waals surface area contributed by atoms with Crippen molar-refractivity contribution in [3.63, 3.8) is 0 Å². The summed E-state index contributed by atoms with van der Waals surface area (Å²) in [5.41, 5.74) is 1.92. The molecule has 1 aliphatic rings. The van der Waals surface area contributed by atoms with Gasteiger partial charge in [-0.3, -0.25) is 4.79 Å². The standard InChI is InChI=1S/C18H19ClFN5OS/c1-10-7-24(4-3-21-10)15-6-14(20)16(27-15)18(26)23-12-5-13(19)17-22-11(2)8-25(17)9-12/h5-6,8-10,21H,3-4,7H2,1-2H3,(H,23,26). The number of carbonyl (C=O) groups is 1. The zero-order valence-corrected chi connectivity index (χ0v) is 16.5. The molecule has 4 heterocycles. The highest BCUT2D eigenvalue weighted by atomic mass is 35.5. The molecule has 142 valence electrons. The number of aryl methyl sites for hydroxylation is 1. The van der Waals surface area contributed by atoms with Gasteiger partial charge in [-0.1, -0.05) is 11.6 Å². The maximum atomic E-state index is 14.4. The van der Waals surface area contributed by atoms with Gasteiger partial charge in [0.05, 0.1) is 21.4 Å². The quantitative estimate of drug-likeness (QED) is 0.697. The summed E-state index contributed by atoms with van der Waals surface area (Å²) in [4.78, 5) is 19.1. The maximum absolute atomic E-state index is 14.4. The number of anilines is 2. The number of hydrogen-bond acceptors (Lipinski definition) is 5. The van der Waals surface area contributed by atoms with E-state index in [-0.39, 0.29) is 4.88 Å². The molecule has 0 aliphatic carbocycles. The van der Waals surface area contributed by atoms with Crippen LogP contribution in [0.2, 0.25) is 5.02 Å². The lowest BCUT2D eigenvalue weighted by Crippen LogP contribution is -2.49. The van der Waals surface area contributed by atoms with Crippen LogP contribution in [0.4, 0.5) is 15.1 Å². The molecule has 2 N–H and O–H groups in total. The van der Waals surface area contributed by atoms with Crippen LogP contribution in [0, 0.1) is 12.7 Å². The first-order valence-electron chi connectivity index (χ1n) is 8.64. The molecule has 3 aromatic heterocycles. The predicted octanol–water partition coefficient (Wildman–Crippen LogP) is 3.55. The molecule has 1 fully saturated rings. The van der Waals surface area contributed by atoms with Gasteiger partial charge in [-0.15, -0.1) is 11.3 Å². The summed E-state index contributed by atoms with van der Waals surface area (Å²) in [6, 6.07) is 3.38. The van der Waals surface area contributed by atoms with E-state index in [1.54, 1.807) is 16.7 Å². The average Bonchev–Trinajstić information content (AvgIpc) is 3.17. The van der Waals surface area contributed by atoms with Crippen molar-refractivity contribution < 1.29 is 9.18 Å². The Bertz CT molecular complexity index is 1020. The molecule has 0 radical (unpaired) electrons. The summed E-state index contributed by atoms with van der Waals surface area (Å²) in [5.74, 6) is -0.997. The maximum Gasteiger partial charge on any atom is 0.268 e. The minimum Gasteiger partial charge on any atom is -0.361 e. The fraction of sp³-hybridized carbons (Fsp3) is 0.333. The van der Waals surface area contributed by atoms with Crippen molar-refractivity contribution in [2.45, 2.75) is 19.9 Å². The van der Waals surface area contributed by atoms with Crippen LogP contribution in [0.1, 0.15) is 22.3 Å². The zero-order valence-electron chi connectivity index (χ0n) is 14.9. The van der Waals surface area contributed by atoms with Gasteiger partial charge >= 0.3 is 0 Å². The van der Waals surface area contributed by atoms with E-state index in [0.29, 0.717) is 22.4 Å².